The molecule has 0 saturated carbocycles. The van der Waals surface area contributed by atoms with Gasteiger partial charge in [0.25, 0.3) is 5.91 Å². The summed E-state index contributed by atoms with van der Waals surface area (Å²) in [7, 11) is 0. The number of halogens is 1. The van der Waals surface area contributed by atoms with Crippen LogP contribution in [-0.2, 0) is 6.42 Å². The van der Waals surface area contributed by atoms with E-state index in [-0.39, 0.29) is 17.5 Å². The van der Waals surface area contributed by atoms with Gasteiger partial charge < -0.3 is 10.4 Å². The van der Waals surface area contributed by atoms with Crippen molar-refractivity contribution in [2.45, 2.75) is 25.8 Å². The van der Waals surface area contributed by atoms with Crippen molar-refractivity contribution in [3.8, 4) is 0 Å². The first kappa shape index (κ1) is 15.2. The largest absolute Gasteiger partial charge is 0.478 e. The summed E-state index contributed by atoms with van der Waals surface area (Å²) in [5.74, 6) is -2.25. The Morgan fingerprint density at radius 2 is 1.96 bits per heavy atom. The first-order valence-corrected chi connectivity index (χ1v) is 7.39. The molecule has 2 aromatic rings. The maximum absolute atomic E-state index is 13.9. The molecular weight excluding hydrogens is 297 g/mol. The van der Waals surface area contributed by atoms with Gasteiger partial charge in [-0.25, -0.2) is 9.18 Å². The Bertz CT molecular complexity index is 801. The van der Waals surface area contributed by atoms with E-state index in [9.17, 15) is 14.0 Å². The Morgan fingerprint density at radius 3 is 2.65 bits per heavy atom. The lowest BCUT2D eigenvalue weighted by Gasteiger charge is -2.15. The molecule has 1 atom stereocenters. The van der Waals surface area contributed by atoms with Gasteiger partial charge in [0.1, 0.15) is 5.82 Å². The fourth-order valence-electron chi connectivity index (χ4n) is 3.01. The van der Waals surface area contributed by atoms with Crippen LogP contribution in [0.4, 0.5) is 4.39 Å². The number of amides is 1. The molecule has 0 radical (unpaired) electrons. The summed E-state index contributed by atoms with van der Waals surface area (Å²) >= 11 is 0. The molecule has 5 heteroatoms. The fraction of sp³-hybridized carbons (Fsp3) is 0.222. The summed E-state index contributed by atoms with van der Waals surface area (Å²) < 4.78 is 13.9. The Morgan fingerprint density at radius 1 is 1.22 bits per heavy atom. The summed E-state index contributed by atoms with van der Waals surface area (Å²) in [6.07, 6.45) is 1.25. The second-order valence-corrected chi connectivity index (χ2v) is 5.72. The average Bonchev–Trinajstić information content (AvgIpc) is 2.88. The van der Waals surface area contributed by atoms with Crippen LogP contribution in [0.3, 0.4) is 0 Å². The van der Waals surface area contributed by atoms with E-state index < -0.39 is 11.8 Å². The van der Waals surface area contributed by atoms with Crippen LogP contribution in [0.15, 0.2) is 36.4 Å². The molecule has 0 aromatic heterocycles. The van der Waals surface area contributed by atoms with Crippen molar-refractivity contribution in [2.75, 3.05) is 0 Å². The summed E-state index contributed by atoms with van der Waals surface area (Å²) in [5, 5.41) is 11.9. The standard InChI is InChI=1S/C18H16FNO3/c1-10-4-2-3-5-12(10)17(21)20-16-7-6-11-8-14(18(22)23)15(19)9-13(11)16/h2-5,8-9,16H,6-7H2,1H3,(H,20,21)(H,22,23)/t16-/m1/s1. The van der Waals surface area contributed by atoms with Crippen molar-refractivity contribution in [2.24, 2.45) is 0 Å². The van der Waals surface area contributed by atoms with Gasteiger partial charge in [0, 0.05) is 5.56 Å². The zero-order valence-electron chi connectivity index (χ0n) is 12.6. The van der Waals surface area contributed by atoms with Gasteiger partial charge in [-0.15, -0.1) is 0 Å². The van der Waals surface area contributed by atoms with Crippen LogP contribution >= 0.6 is 0 Å². The molecule has 2 N–H and O–H groups in total. The Labute approximate surface area is 133 Å². The summed E-state index contributed by atoms with van der Waals surface area (Å²) in [6, 6.07) is 9.56. The number of benzene rings is 2. The minimum atomic E-state index is -1.28. The van der Waals surface area contributed by atoms with Crippen molar-refractivity contribution in [3.63, 3.8) is 0 Å². The van der Waals surface area contributed by atoms with Crippen LogP contribution in [0.25, 0.3) is 0 Å². The fourth-order valence-corrected chi connectivity index (χ4v) is 3.01. The van der Waals surface area contributed by atoms with Crippen LogP contribution < -0.4 is 5.32 Å². The molecule has 0 fully saturated rings. The Hall–Kier alpha value is -2.69. The van der Waals surface area contributed by atoms with E-state index >= 15 is 0 Å². The van der Waals surface area contributed by atoms with Gasteiger partial charge in [-0.1, -0.05) is 18.2 Å². The number of aryl methyl sites for hydroxylation is 2. The molecule has 0 unspecified atom stereocenters. The minimum Gasteiger partial charge on any atom is -0.478 e. The number of carbonyl (C=O) groups is 2. The molecule has 23 heavy (non-hydrogen) atoms. The molecule has 0 spiro atoms. The molecule has 1 aliphatic rings. The van der Waals surface area contributed by atoms with Crippen LogP contribution in [0.2, 0.25) is 0 Å². The average molecular weight is 313 g/mol. The molecule has 0 saturated heterocycles. The van der Waals surface area contributed by atoms with Gasteiger partial charge in [-0.05, 0) is 54.7 Å². The van der Waals surface area contributed by atoms with Crippen molar-refractivity contribution in [1.82, 2.24) is 5.32 Å². The number of rotatable bonds is 3. The Balaban J connectivity index is 1.86. The SMILES string of the molecule is Cc1ccccc1C(=O)N[C@@H]1CCc2cc(C(=O)O)c(F)cc21. The highest BCUT2D eigenvalue weighted by atomic mass is 19.1. The molecule has 0 bridgehead atoms. The van der Waals surface area contributed by atoms with Crippen LogP contribution in [0, 0.1) is 12.7 Å². The number of fused-ring (bicyclic) bond motifs is 1. The molecule has 118 valence electrons. The second kappa shape index (κ2) is 5.83. The van der Waals surface area contributed by atoms with Crippen LogP contribution in [-0.4, -0.2) is 17.0 Å². The third kappa shape index (κ3) is 2.82. The molecular formula is C18H16FNO3. The monoisotopic (exact) mass is 313 g/mol. The number of carboxylic acids is 1. The summed E-state index contributed by atoms with van der Waals surface area (Å²) in [6.45, 7) is 1.86. The summed E-state index contributed by atoms with van der Waals surface area (Å²) in [4.78, 5) is 23.4. The van der Waals surface area contributed by atoms with Crippen molar-refractivity contribution < 1.29 is 19.1 Å². The number of nitrogens with one attached hydrogen (secondary N) is 1. The van der Waals surface area contributed by atoms with E-state index in [1.807, 2.05) is 19.1 Å². The topological polar surface area (TPSA) is 66.4 Å². The smallest absolute Gasteiger partial charge is 0.338 e. The van der Waals surface area contributed by atoms with Gasteiger partial charge in [-0.3, -0.25) is 4.79 Å². The molecule has 1 aliphatic carbocycles. The molecule has 4 nitrogen and oxygen atoms in total. The van der Waals surface area contributed by atoms with E-state index in [1.165, 1.54) is 12.1 Å². The minimum absolute atomic E-state index is 0.205. The highest BCUT2D eigenvalue weighted by Crippen LogP contribution is 2.33. The van der Waals surface area contributed by atoms with Crippen molar-refractivity contribution in [3.05, 3.63) is 70.0 Å². The van der Waals surface area contributed by atoms with Gasteiger partial charge in [0.05, 0.1) is 11.6 Å². The normalized spacial score (nSPS) is 16.0. The highest BCUT2D eigenvalue weighted by molar-refractivity contribution is 5.96. The number of hydrogen-bond donors (Lipinski definition) is 2. The third-order valence-corrected chi connectivity index (χ3v) is 4.23. The lowest BCUT2D eigenvalue weighted by Crippen LogP contribution is -2.27. The van der Waals surface area contributed by atoms with E-state index in [1.54, 1.807) is 12.1 Å². The van der Waals surface area contributed by atoms with E-state index in [0.29, 0.717) is 24.0 Å². The maximum Gasteiger partial charge on any atom is 0.338 e. The molecule has 0 heterocycles. The summed E-state index contributed by atoms with van der Waals surface area (Å²) in [5.41, 5.74) is 2.57. The quantitative estimate of drug-likeness (QED) is 0.914. The van der Waals surface area contributed by atoms with Gasteiger partial charge in [0.2, 0.25) is 0 Å². The number of carboxylic acid groups (broad SMARTS) is 1. The molecule has 2 aromatic carbocycles. The van der Waals surface area contributed by atoms with E-state index in [2.05, 4.69) is 5.32 Å². The zero-order chi connectivity index (χ0) is 16.6. The van der Waals surface area contributed by atoms with Crippen molar-refractivity contribution >= 4 is 11.9 Å². The van der Waals surface area contributed by atoms with E-state index in [4.69, 9.17) is 5.11 Å². The number of hydrogen-bond acceptors (Lipinski definition) is 2. The zero-order valence-corrected chi connectivity index (χ0v) is 12.6. The van der Waals surface area contributed by atoms with Crippen LogP contribution in [0.5, 0.6) is 0 Å². The number of carbonyl (C=O) groups excluding carboxylic acids is 1. The van der Waals surface area contributed by atoms with Gasteiger partial charge in [0.15, 0.2) is 0 Å². The first-order valence-electron chi connectivity index (χ1n) is 7.39. The van der Waals surface area contributed by atoms with Crippen molar-refractivity contribution in [1.29, 1.82) is 0 Å². The predicted molar refractivity (Wildman–Crippen MR) is 83.1 cm³/mol. The van der Waals surface area contributed by atoms with E-state index in [0.717, 1.165) is 11.1 Å². The lowest BCUT2D eigenvalue weighted by atomic mass is 10.0. The first-order chi connectivity index (χ1) is 11.0. The third-order valence-electron chi connectivity index (χ3n) is 4.23. The van der Waals surface area contributed by atoms with Gasteiger partial charge >= 0.3 is 5.97 Å². The number of aromatic carboxylic acids is 1. The van der Waals surface area contributed by atoms with Crippen LogP contribution in [0.1, 0.15) is 49.9 Å². The molecule has 1 amide bonds. The lowest BCUT2D eigenvalue weighted by molar-refractivity contribution is 0.0691. The molecule has 0 aliphatic heterocycles. The molecule has 3 rings (SSSR count). The second-order valence-electron chi connectivity index (χ2n) is 5.72. The van der Waals surface area contributed by atoms with Gasteiger partial charge in [-0.2, -0.15) is 0 Å². The highest BCUT2D eigenvalue weighted by Gasteiger charge is 2.27. The predicted octanol–water partition coefficient (Wildman–Crippen LogP) is 3.25. The Kier molecular flexibility index (Phi) is 3.86. The maximum atomic E-state index is 13.9.